The summed E-state index contributed by atoms with van der Waals surface area (Å²) in [5.41, 5.74) is 7.13. The largest absolute Gasteiger partial charge is 0.490 e. The quantitative estimate of drug-likeness (QED) is 0.239. The number of nitrogens with one attached hydrogen (secondary N) is 1. The molecule has 0 spiro atoms. The fourth-order valence-corrected chi connectivity index (χ4v) is 6.25. The highest BCUT2D eigenvalue weighted by molar-refractivity contribution is 5.90. The van der Waals surface area contributed by atoms with Gasteiger partial charge in [-0.25, -0.2) is 4.98 Å². The predicted molar refractivity (Wildman–Crippen MR) is 170 cm³/mol. The number of rotatable bonds is 8. The molecule has 2 aromatic carbocycles. The SMILES string of the molecule is C=C1OCc2c(cc3n(c2=O)Cc2c-3nc3cc(C)c(OCc4ccc(NC(C)C)cc4)cc3c2CN(C)C)[C@@]1(O)CC. The third-order valence-electron chi connectivity index (χ3n) is 8.55. The molecule has 2 aliphatic heterocycles. The van der Waals surface area contributed by atoms with Crippen molar-refractivity contribution in [2.75, 3.05) is 19.4 Å². The fraction of sp³-hybridized carbons (Fsp3) is 0.371. The summed E-state index contributed by atoms with van der Waals surface area (Å²) in [6, 6.07) is 14.8. The number of ether oxygens (including phenoxy) is 2. The van der Waals surface area contributed by atoms with Crippen molar-refractivity contribution in [3.05, 3.63) is 98.5 Å². The van der Waals surface area contributed by atoms with E-state index < -0.39 is 5.60 Å². The summed E-state index contributed by atoms with van der Waals surface area (Å²) in [5.74, 6) is 1.08. The Hall–Kier alpha value is -4.14. The third-order valence-corrected chi connectivity index (χ3v) is 8.55. The van der Waals surface area contributed by atoms with Crippen LogP contribution in [0.15, 0.2) is 59.6 Å². The van der Waals surface area contributed by atoms with Crippen molar-refractivity contribution in [2.24, 2.45) is 0 Å². The maximum absolute atomic E-state index is 13.8. The number of aryl methyl sites for hydroxylation is 1. The van der Waals surface area contributed by atoms with Crippen LogP contribution < -0.4 is 15.6 Å². The highest BCUT2D eigenvalue weighted by atomic mass is 16.5. The van der Waals surface area contributed by atoms with E-state index in [0.29, 0.717) is 43.3 Å². The molecule has 4 aromatic rings. The van der Waals surface area contributed by atoms with Crippen LogP contribution in [0, 0.1) is 6.92 Å². The Morgan fingerprint density at radius 1 is 1.19 bits per heavy atom. The molecule has 0 amide bonds. The fourth-order valence-electron chi connectivity index (χ4n) is 6.25. The third kappa shape index (κ3) is 4.98. The zero-order valence-electron chi connectivity index (χ0n) is 25.9. The van der Waals surface area contributed by atoms with Gasteiger partial charge < -0.3 is 29.4 Å². The van der Waals surface area contributed by atoms with E-state index >= 15 is 0 Å². The molecule has 4 heterocycles. The van der Waals surface area contributed by atoms with E-state index in [2.05, 4.69) is 67.0 Å². The van der Waals surface area contributed by atoms with E-state index in [-0.39, 0.29) is 17.9 Å². The molecular weight excluding hydrogens is 540 g/mol. The Labute approximate surface area is 252 Å². The van der Waals surface area contributed by atoms with E-state index in [9.17, 15) is 9.90 Å². The van der Waals surface area contributed by atoms with E-state index in [4.69, 9.17) is 14.5 Å². The second-order valence-corrected chi connectivity index (χ2v) is 12.3. The molecule has 0 radical (unpaired) electrons. The van der Waals surface area contributed by atoms with E-state index in [1.165, 1.54) is 0 Å². The predicted octanol–water partition coefficient (Wildman–Crippen LogP) is 5.84. The number of benzene rings is 2. The summed E-state index contributed by atoms with van der Waals surface area (Å²) in [4.78, 5) is 21.0. The summed E-state index contributed by atoms with van der Waals surface area (Å²) in [6.07, 6.45) is 0.354. The number of pyridine rings is 2. The highest BCUT2D eigenvalue weighted by Crippen LogP contribution is 2.43. The number of hydrogen-bond acceptors (Lipinski definition) is 7. The Morgan fingerprint density at radius 2 is 1.93 bits per heavy atom. The molecule has 224 valence electrons. The van der Waals surface area contributed by atoms with E-state index in [1.807, 2.05) is 34.0 Å². The average Bonchev–Trinajstić information content (AvgIpc) is 3.33. The normalized spacial score (nSPS) is 17.2. The lowest BCUT2D eigenvalue weighted by atomic mass is 9.84. The van der Waals surface area contributed by atoms with Crippen LogP contribution in [-0.4, -0.2) is 39.7 Å². The summed E-state index contributed by atoms with van der Waals surface area (Å²) in [5, 5.41) is 15.9. The molecule has 0 bridgehead atoms. The van der Waals surface area contributed by atoms with Crippen LogP contribution in [0.25, 0.3) is 22.3 Å². The molecule has 2 aliphatic rings. The van der Waals surface area contributed by atoms with Crippen molar-refractivity contribution >= 4 is 16.6 Å². The van der Waals surface area contributed by atoms with Gasteiger partial charge in [0, 0.05) is 34.8 Å². The first-order chi connectivity index (χ1) is 20.5. The number of nitrogens with zero attached hydrogens (tertiary/aromatic N) is 3. The number of aliphatic hydroxyl groups is 1. The van der Waals surface area contributed by atoms with Crippen molar-refractivity contribution in [2.45, 2.75) is 72.1 Å². The monoisotopic (exact) mass is 580 g/mol. The van der Waals surface area contributed by atoms with Gasteiger partial charge in [-0.1, -0.05) is 25.6 Å². The molecule has 2 aromatic heterocycles. The average molecular weight is 581 g/mol. The van der Waals surface area contributed by atoms with Gasteiger partial charge in [-0.2, -0.15) is 0 Å². The number of aromatic nitrogens is 2. The summed E-state index contributed by atoms with van der Waals surface area (Å²) < 4.78 is 13.8. The second kappa shape index (κ2) is 10.8. The van der Waals surface area contributed by atoms with Gasteiger partial charge in [0.1, 0.15) is 30.3 Å². The van der Waals surface area contributed by atoms with Crippen molar-refractivity contribution in [1.29, 1.82) is 0 Å². The molecule has 8 nitrogen and oxygen atoms in total. The zero-order chi connectivity index (χ0) is 30.6. The highest BCUT2D eigenvalue weighted by Gasteiger charge is 2.41. The smallest absolute Gasteiger partial charge is 0.258 e. The number of anilines is 1. The molecule has 0 saturated carbocycles. The van der Waals surface area contributed by atoms with Crippen LogP contribution in [0.2, 0.25) is 0 Å². The Bertz CT molecular complexity index is 1810. The first-order valence-electron chi connectivity index (χ1n) is 14.9. The Morgan fingerprint density at radius 3 is 2.60 bits per heavy atom. The minimum absolute atomic E-state index is 0.1000. The van der Waals surface area contributed by atoms with Gasteiger partial charge in [0.2, 0.25) is 0 Å². The molecule has 2 N–H and O–H groups in total. The zero-order valence-corrected chi connectivity index (χ0v) is 25.9. The molecule has 0 saturated heterocycles. The standard InChI is InChI=1S/C35H40N4O4/c1-8-35(41)22(5)42-19-28-29(35)15-31-33-27(17-39(31)34(28)40)26(16-38(6)7)25-14-32(21(4)13-30(25)37-33)43-18-23-9-11-24(12-10-23)36-20(2)3/h9-15,20,36,41H,5,8,16-19H2,1-4,6-7H3/t35-/m1/s1. The first kappa shape index (κ1) is 29.0. The molecular formula is C35H40N4O4. The Balaban J connectivity index is 1.42. The van der Waals surface area contributed by atoms with Gasteiger partial charge in [0.15, 0.2) is 0 Å². The van der Waals surface area contributed by atoms with E-state index in [0.717, 1.165) is 56.0 Å². The minimum atomic E-state index is -1.41. The van der Waals surface area contributed by atoms with Crippen molar-refractivity contribution < 1.29 is 14.6 Å². The van der Waals surface area contributed by atoms with E-state index in [1.54, 1.807) is 4.57 Å². The van der Waals surface area contributed by atoms with Gasteiger partial charge in [-0.3, -0.25) is 4.79 Å². The summed E-state index contributed by atoms with van der Waals surface area (Å²) in [7, 11) is 4.08. The topological polar surface area (TPSA) is 88.9 Å². The van der Waals surface area contributed by atoms with Crippen LogP contribution in [-0.2, 0) is 36.6 Å². The lowest BCUT2D eigenvalue weighted by molar-refractivity contribution is -0.0172. The molecule has 0 unspecified atom stereocenters. The summed E-state index contributed by atoms with van der Waals surface area (Å²) in [6.45, 7) is 13.7. The Kier molecular flexibility index (Phi) is 7.30. The molecule has 1 atom stereocenters. The molecule has 6 rings (SSSR count). The molecule has 8 heteroatoms. The maximum atomic E-state index is 13.8. The van der Waals surface area contributed by atoms with Gasteiger partial charge in [-0.05, 0) is 88.3 Å². The lowest BCUT2D eigenvalue weighted by Gasteiger charge is -2.35. The van der Waals surface area contributed by atoms with Gasteiger partial charge in [0.05, 0.1) is 29.0 Å². The first-order valence-corrected chi connectivity index (χ1v) is 14.9. The van der Waals surface area contributed by atoms with Crippen LogP contribution in [0.1, 0.15) is 60.6 Å². The van der Waals surface area contributed by atoms with Crippen LogP contribution >= 0.6 is 0 Å². The van der Waals surface area contributed by atoms with Gasteiger partial charge >= 0.3 is 0 Å². The van der Waals surface area contributed by atoms with Crippen molar-refractivity contribution in [1.82, 2.24) is 14.5 Å². The van der Waals surface area contributed by atoms with Crippen molar-refractivity contribution in [3.63, 3.8) is 0 Å². The summed E-state index contributed by atoms with van der Waals surface area (Å²) >= 11 is 0. The van der Waals surface area contributed by atoms with Gasteiger partial charge in [-0.15, -0.1) is 0 Å². The van der Waals surface area contributed by atoms with Crippen LogP contribution in [0.5, 0.6) is 5.75 Å². The molecule has 0 fully saturated rings. The van der Waals surface area contributed by atoms with Crippen LogP contribution in [0.4, 0.5) is 5.69 Å². The molecule has 0 aliphatic carbocycles. The van der Waals surface area contributed by atoms with Gasteiger partial charge in [0.25, 0.3) is 5.56 Å². The van der Waals surface area contributed by atoms with Crippen LogP contribution in [0.3, 0.4) is 0 Å². The molecule has 43 heavy (non-hydrogen) atoms. The number of fused-ring (bicyclic) bond motifs is 5. The number of hydrogen-bond donors (Lipinski definition) is 2. The maximum Gasteiger partial charge on any atom is 0.258 e. The second-order valence-electron chi connectivity index (χ2n) is 12.3. The van der Waals surface area contributed by atoms with Crippen molar-refractivity contribution in [3.8, 4) is 17.1 Å². The minimum Gasteiger partial charge on any atom is -0.490 e. The lowest BCUT2D eigenvalue weighted by Crippen LogP contribution is -2.38.